The quantitative estimate of drug-likeness (QED) is 0.843. The molecule has 2 N–H and O–H groups in total. The summed E-state index contributed by atoms with van der Waals surface area (Å²) in [5.41, 5.74) is 13.2. The molecule has 2 nitrogen and oxygen atoms in total. The van der Waals surface area contributed by atoms with Crippen LogP contribution in [0.4, 0.5) is 0 Å². The maximum Gasteiger partial charge on any atom is 0.0245 e. The normalized spacial score (nSPS) is 20.8. The topological polar surface area (TPSA) is 29.3 Å². The Labute approximate surface area is 153 Å². The number of hydrogen-bond acceptors (Lipinski definition) is 2. The summed E-state index contributed by atoms with van der Waals surface area (Å²) in [6.07, 6.45) is 4.75. The van der Waals surface area contributed by atoms with Crippen LogP contribution in [-0.2, 0) is 13.1 Å². The van der Waals surface area contributed by atoms with Gasteiger partial charge in [-0.1, -0.05) is 48.0 Å². The van der Waals surface area contributed by atoms with Crippen molar-refractivity contribution < 1.29 is 0 Å². The highest BCUT2D eigenvalue weighted by Gasteiger charge is 2.25. The molecule has 134 valence electrons. The molecule has 0 spiro atoms. The summed E-state index contributed by atoms with van der Waals surface area (Å²) in [4.78, 5) is 2.69. The Balaban J connectivity index is 1.83. The third-order valence-electron chi connectivity index (χ3n) is 5.69. The molecule has 0 unspecified atom stereocenters. The average Bonchev–Trinajstić information content (AvgIpc) is 2.58. The van der Waals surface area contributed by atoms with Gasteiger partial charge in [0.2, 0.25) is 0 Å². The molecule has 1 aliphatic rings. The van der Waals surface area contributed by atoms with Crippen molar-refractivity contribution in [2.24, 2.45) is 5.73 Å². The zero-order valence-corrected chi connectivity index (χ0v) is 16.0. The van der Waals surface area contributed by atoms with Crippen molar-refractivity contribution in [3.63, 3.8) is 0 Å². The van der Waals surface area contributed by atoms with Gasteiger partial charge in [0.15, 0.2) is 0 Å². The van der Waals surface area contributed by atoms with Gasteiger partial charge in [0.05, 0.1) is 0 Å². The van der Waals surface area contributed by atoms with Crippen LogP contribution in [0.1, 0.15) is 53.5 Å². The molecular weight excluding hydrogens is 304 g/mol. The first-order chi connectivity index (χ1) is 12.0. The lowest BCUT2D eigenvalue weighted by molar-refractivity contribution is 0.133. The SMILES string of the molecule is Cc1cc(C)c(CN(Cc2ccccc2)C2CCC(N)CC2)c(C)c1. The van der Waals surface area contributed by atoms with Gasteiger partial charge in [-0.25, -0.2) is 0 Å². The Hall–Kier alpha value is -1.64. The van der Waals surface area contributed by atoms with E-state index in [4.69, 9.17) is 5.73 Å². The highest BCUT2D eigenvalue weighted by atomic mass is 15.2. The van der Waals surface area contributed by atoms with E-state index in [1.807, 2.05) is 0 Å². The average molecular weight is 337 g/mol. The van der Waals surface area contributed by atoms with Gasteiger partial charge in [0, 0.05) is 25.2 Å². The van der Waals surface area contributed by atoms with E-state index >= 15 is 0 Å². The van der Waals surface area contributed by atoms with Crippen LogP contribution in [0.2, 0.25) is 0 Å². The fourth-order valence-electron chi connectivity index (χ4n) is 4.26. The summed E-state index contributed by atoms with van der Waals surface area (Å²) in [5.74, 6) is 0. The van der Waals surface area contributed by atoms with E-state index in [0.29, 0.717) is 12.1 Å². The molecule has 0 saturated heterocycles. The third-order valence-corrected chi connectivity index (χ3v) is 5.69. The molecule has 0 atom stereocenters. The second kappa shape index (κ2) is 8.16. The molecule has 1 saturated carbocycles. The summed E-state index contributed by atoms with van der Waals surface area (Å²) in [5, 5.41) is 0. The predicted molar refractivity (Wildman–Crippen MR) is 107 cm³/mol. The molecule has 0 aromatic heterocycles. The van der Waals surface area contributed by atoms with Crippen molar-refractivity contribution in [3.05, 3.63) is 70.3 Å². The van der Waals surface area contributed by atoms with Crippen LogP contribution in [0, 0.1) is 20.8 Å². The molecule has 1 fully saturated rings. The molecular formula is C23H32N2. The molecule has 25 heavy (non-hydrogen) atoms. The van der Waals surface area contributed by atoms with Crippen LogP contribution < -0.4 is 5.73 Å². The minimum absolute atomic E-state index is 0.401. The summed E-state index contributed by atoms with van der Waals surface area (Å²) in [6, 6.07) is 16.6. The van der Waals surface area contributed by atoms with Gasteiger partial charge in [0.1, 0.15) is 0 Å². The van der Waals surface area contributed by atoms with Crippen molar-refractivity contribution in [1.82, 2.24) is 4.90 Å². The van der Waals surface area contributed by atoms with Crippen molar-refractivity contribution in [3.8, 4) is 0 Å². The first-order valence-corrected chi connectivity index (χ1v) is 9.63. The number of aryl methyl sites for hydroxylation is 3. The number of rotatable bonds is 5. The van der Waals surface area contributed by atoms with Crippen LogP contribution in [0.25, 0.3) is 0 Å². The van der Waals surface area contributed by atoms with E-state index in [1.165, 1.54) is 40.7 Å². The van der Waals surface area contributed by atoms with E-state index < -0.39 is 0 Å². The fourth-order valence-corrected chi connectivity index (χ4v) is 4.26. The maximum absolute atomic E-state index is 6.15. The Morgan fingerprint density at radius 3 is 2.08 bits per heavy atom. The van der Waals surface area contributed by atoms with Gasteiger partial charge in [-0.15, -0.1) is 0 Å². The summed E-state index contributed by atoms with van der Waals surface area (Å²) in [7, 11) is 0. The van der Waals surface area contributed by atoms with Crippen LogP contribution in [0.3, 0.4) is 0 Å². The Morgan fingerprint density at radius 1 is 0.880 bits per heavy atom. The summed E-state index contributed by atoms with van der Waals surface area (Å²) < 4.78 is 0. The lowest BCUT2D eigenvalue weighted by atomic mass is 9.89. The van der Waals surface area contributed by atoms with Gasteiger partial charge in [0.25, 0.3) is 0 Å². The second-order valence-corrected chi connectivity index (χ2v) is 7.84. The Bertz CT molecular complexity index is 661. The van der Waals surface area contributed by atoms with Gasteiger partial charge in [-0.3, -0.25) is 4.90 Å². The van der Waals surface area contributed by atoms with Crippen LogP contribution in [-0.4, -0.2) is 17.0 Å². The summed E-state index contributed by atoms with van der Waals surface area (Å²) >= 11 is 0. The number of benzene rings is 2. The van der Waals surface area contributed by atoms with E-state index in [-0.39, 0.29) is 0 Å². The first-order valence-electron chi connectivity index (χ1n) is 9.63. The Morgan fingerprint density at radius 2 is 1.48 bits per heavy atom. The smallest absolute Gasteiger partial charge is 0.0245 e. The number of nitrogens with two attached hydrogens (primary N) is 1. The molecule has 1 aliphatic carbocycles. The number of nitrogens with zero attached hydrogens (tertiary/aromatic N) is 1. The minimum Gasteiger partial charge on any atom is -0.328 e. The van der Waals surface area contributed by atoms with E-state index in [1.54, 1.807) is 0 Å². The van der Waals surface area contributed by atoms with Gasteiger partial charge >= 0.3 is 0 Å². The molecule has 2 aromatic carbocycles. The lowest BCUT2D eigenvalue weighted by Crippen LogP contribution is -2.40. The summed E-state index contributed by atoms with van der Waals surface area (Å²) in [6.45, 7) is 8.76. The molecule has 2 heteroatoms. The number of hydrogen-bond donors (Lipinski definition) is 1. The zero-order valence-electron chi connectivity index (χ0n) is 16.0. The molecule has 0 amide bonds. The van der Waals surface area contributed by atoms with Gasteiger partial charge < -0.3 is 5.73 Å². The molecule has 0 aliphatic heterocycles. The Kier molecular flexibility index (Phi) is 5.93. The van der Waals surface area contributed by atoms with E-state index in [2.05, 4.69) is 68.1 Å². The van der Waals surface area contributed by atoms with Crippen molar-refractivity contribution in [2.45, 2.75) is 71.6 Å². The van der Waals surface area contributed by atoms with Crippen LogP contribution in [0.15, 0.2) is 42.5 Å². The van der Waals surface area contributed by atoms with E-state index in [0.717, 1.165) is 25.9 Å². The minimum atomic E-state index is 0.401. The molecule has 3 rings (SSSR count). The second-order valence-electron chi connectivity index (χ2n) is 7.84. The molecule has 0 heterocycles. The first kappa shape index (κ1) is 18.2. The van der Waals surface area contributed by atoms with Crippen LogP contribution in [0.5, 0.6) is 0 Å². The van der Waals surface area contributed by atoms with Crippen molar-refractivity contribution in [2.75, 3.05) is 0 Å². The predicted octanol–water partition coefficient (Wildman–Crippen LogP) is 4.88. The fraction of sp³-hybridized carbons (Fsp3) is 0.478. The molecule has 0 bridgehead atoms. The van der Waals surface area contributed by atoms with Crippen molar-refractivity contribution in [1.29, 1.82) is 0 Å². The molecule has 0 radical (unpaired) electrons. The van der Waals surface area contributed by atoms with Gasteiger partial charge in [-0.2, -0.15) is 0 Å². The molecule has 2 aromatic rings. The third kappa shape index (κ3) is 4.71. The maximum atomic E-state index is 6.15. The highest BCUT2D eigenvalue weighted by molar-refractivity contribution is 5.37. The largest absolute Gasteiger partial charge is 0.328 e. The standard InChI is InChI=1S/C23H32N2/c1-17-13-18(2)23(19(3)14-17)16-25(15-20-7-5-4-6-8-20)22-11-9-21(24)10-12-22/h4-8,13-14,21-22H,9-12,15-16,24H2,1-3H3. The van der Waals surface area contributed by atoms with Gasteiger partial charge in [-0.05, 0) is 68.7 Å². The zero-order chi connectivity index (χ0) is 17.8. The van der Waals surface area contributed by atoms with E-state index in [9.17, 15) is 0 Å². The monoisotopic (exact) mass is 336 g/mol. The van der Waals surface area contributed by atoms with Crippen LogP contribution >= 0.6 is 0 Å². The lowest BCUT2D eigenvalue weighted by Gasteiger charge is -2.37. The van der Waals surface area contributed by atoms with Crippen molar-refractivity contribution >= 4 is 0 Å². The highest BCUT2D eigenvalue weighted by Crippen LogP contribution is 2.27.